The molecule has 3 aliphatic rings. The first kappa shape index (κ1) is 23.2. The monoisotopic (exact) mass is 423 g/mol. The molecular formula is C30H49N. The molecule has 174 valence electrons. The Kier molecular flexibility index (Phi) is 8.05. The summed E-state index contributed by atoms with van der Waals surface area (Å²) in [7, 11) is 0. The fraction of sp³-hybridized carbons (Fsp3) is 0.800. The second-order valence-corrected chi connectivity index (χ2v) is 12.0. The lowest BCUT2D eigenvalue weighted by Crippen LogP contribution is -2.26. The number of para-hydroxylation sites is 1. The highest BCUT2D eigenvalue weighted by atomic mass is 14.9. The van der Waals surface area contributed by atoms with Crippen molar-refractivity contribution >= 4 is 5.69 Å². The topological polar surface area (TPSA) is 12.0 Å². The Labute approximate surface area is 193 Å². The van der Waals surface area contributed by atoms with Crippen molar-refractivity contribution in [1.29, 1.82) is 0 Å². The quantitative estimate of drug-likeness (QED) is 0.431. The molecule has 1 aromatic rings. The van der Waals surface area contributed by atoms with Gasteiger partial charge < -0.3 is 5.32 Å². The molecule has 1 heteroatoms. The molecule has 0 bridgehead atoms. The second kappa shape index (κ2) is 10.8. The van der Waals surface area contributed by atoms with Crippen molar-refractivity contribution in [2.45, 2.75) is 104 Å². The van der Waals surface area contributed by atoms with Gasteiger partial charge in [0.15, 0.2) is 0 Å². The van der Waals surface area contributed by atoms with Gasteiger partial charge in [0.2, 0.25) is 0 Å². The van der Waals surface area contributed by atoms with Crippen LogP contribution in [0.4, 0.5) is 5.69 Å². The zero-order valence-corrected chi connectivity index (χ0v) is 20.8. The van der Waals surface area contributed by atoms with Crippen molar-refractivity contribution < 1.29 is 0 Å². The Morgan fingerprint density at radius 3 is 2.52 bits per heavy atom. The predicted octanol–water partition coefficient (Wildman–Crippen LogP) is 8.95. The number of hydrogen-bond acceptors (Lipinski definition) is 1. The summed E-state index contributed by atoms with van der Waals surface area (Å²) in [5, 5.41) is 3.58. The number of nitrogens with one attached hydrogen (secondary N) is 1. The highest BCUT2D eigenvalue weighted by molar-refractivity contribution is 5.42. The summed E-state index contributed by atoms with van der Waals surface area (Å²) >= 11 is 0. The van der Waals surface area contributed by atoms with E-state index in [9.17, 15) is 0 Å². The minimum Gasteiger partial charge on any atom is -0.385 e. The lowest BCUT2D eigenvalue weighted by atomic mass is 9.71. The highest BCUT2D eigenvalue weighted by Crippen LogP contribution is 2.65. The van der Waals surface area contributed by atoms with Gasteiger partial charge in [-0.25, -0.2) is 0 Å². The largest absolute Gasteiger partial charge is 0.385 e. The second-order valence-electron chi connectivity index (χ2n) is 12.0. The third kappa shape index (κ3) is 5.51. The van der Waals surface area contributed by atoms with E-state index in [4.69, 9.17) is 0 Å². The molecule has 1 aromatic carbocycles. The van der Waals surface area contributed by atoms with E-state index in [1.54, 1.807) is 6.42 Å². The molecule has 0 aromatic heterocycles. The standard InChI is InChI=1S/C30H49N/c1-23-13-7-4-8-14-24(2)28-22-30(3)25(18-19-29(30)27(28)21-23)15-9-6-12-20-31-26-16-10-5-11-17-26/h5,10-11,16-17,23-25,27-29,31H,4,6-9,12-15,18-22H2,1-3H3/t23-,24?,25?,27?,28?,29?,30?/m1/s1. The predicted molar refractivity (Wildman–Crippen MR) is 135 cm³/mol. The molecule has 0 aliphatic heterocycles. The van der Waals surface area contributed by atoms with Crippen molar-refractivity contribution in [2.24, 2.45) is 40.9 Å². The van der Waals surface area contributed by atoms with E-state index in [0.717, 1.165) is 42.1 Å². The molecule has 3 aliphatic carbocycles. The van der Waals surface area contributed by atoms with Crippen LogP contribution in [0.2, 0.25) is 0 Å². The SMILES string of the molecule is CC1CCCCC[C@@H](C)CC2C1CC1(C)C(CCCCCNc3ccccc3)CCC21. The molecule has 0 spiro atoms. The zero-order valence-electron chi connectivity index (χ0n) is 20.8. The third-order valence-corrected chi connectivity index (χ3v) is 9.94. The molecule has 1 nitrogen and oxygen atoms in total. The fourth-order valence-corrected chi connectivity index (χ4v) is 8.17. The van der Waals surface area contributed by atoms with Crippen LogP contribution >= 0.6 is 0 Å². The average Bonchev–Trinajstić information content (AvgIpc) is 3.23. The van der Waals surface area contributed by atoms with Crippen LogP contribution < -0.4 is 5.32 Å². The third-order valence-electron chi connectivity index (χ3n) is 9.94. The average molecular weight is 424 g/mol. The summed E-state index contributed by atoms with van der Waals surface area (Å²) < 4.78 is 0. The Bertz CT molecular complexity index is 654. The summed E-state index contributed by atoms with van der Waals surface area (Å²) in [6.07, 6.45) is 19.2. The van der Waals surface area contributed by atoms with Gasteiger partial charge in [-0.1, -0.05) is 83.9 Å². The van der Waals surface area contributed by atoms with E-state index in [-0.39, 0.29) is 0 Å². The lowest BCUT2D eigenvalue weighted by molar-refractivity contribution is 0.152. The van der Waals surface area contributed by atoms with Gasteiger partial charge in [-0.15, -0.1) is 0 Å². The maximum atomic E-state index is 3.58. The number of benzene rings is 1. The molecule has 0 heterocycles. The fourth-order valence-electron chi connectivity index (χ4n) is 8.17. The molecule has 6 unspecified atom stereocenters. The number of rotatable bonds is 7. The van der Waals surface area contributed by atoms with Crippen LogP contribution in [0, 0.1) is 40.9 Å². The number of unbranched alkanes of at least 4 members (excludes halogenated alkanes) is 2. The molecule has 31 heavy (non-hydrogen) atoms. The van der Waals surface area contributed by atoms with Crippen LogP contribution in [-0.4, -0.2) is 6.54 Å². The van der Waals surface area contributed by atoms with E-state index < -0.39 is 0 Å². The molecule has 7 atom stereocenters. The minimum atomic E-state index is 0.652. The Hall–Kier alpha value is -0.980. The van der Waals surface area contributed by atoms with Crippen LogP contribution in [0.5, 0.6) is 0 Å². The van der Waals surface area contributed by atoms with E-state index in [1.165, 1.54) is 82.7 Å². The van der Waals surface area contributed by atoms with Gasteiger partial charge in [-0.3, -0.25) is 0 Å². The normalized spacial score (nSPS) is 38.4. The van der Waals surface area contributed by atoms with E-state index in [0.29, 0.717) is 5.41 Å². The van der Waals surface area contributed by atoms with Gasteiger partial charge in [-0.05, 0) is 91.6 Å². The summed E-state index contributed by atoms with van der Waals surface area (Å²) in [4.78, 5) is 0. The molecule has 3 saturated carbocycles. The number of fused-ring (bicyclic) bond motifs is 3. The van der Waals surface area contributed by atoms with E-state index in [2.05, 4.69) is 56.4 Å². The first-order chi connectivity index (χ1) is 15.1. The maximum absolute atomic E-state index is 3.58. The molecule has 0 amide bonds. The summed E-state index contributed by atoms with van der Waals surface area (Å²) in [5.74, 6) is 6.01. The molecule has 3 fully saturated rings. The van der Waals surface area contributed by atoms with Gasteiger partial charge in [0.05, 0.1) is 0 Å². The zero-order chi connectivity index (χ0) is 21.7. The summed E-state index contributed by atoms with van der Waals surface area (Å²) in [6.45, 7) is 9.03. The van der Waals surface area contributed by atoms with Gasteiger partial charge in [0.25, 0.3) is 0 Å². The molecule has 0 saturated heterocycles. The summed E-state index contributed by atoms with van der Waals surface area (Å²) in [6, 6.07) is 10.7. The van der Waals surface area contributed by atoms with Crippen LogP contribution in [0.3, 0.4) is 0 Å². The van der Waals surface area contributed by atoms with Crippen molar-refractivity contribution in [1.82, 2.24) is 0 Å². The Morgan fingerprint density at radius 1 is 0.871 bits per heavy atom. The first-order valence-corrected chi connectivity index (χ1v) is 13.9. The van der Waals surface area contributed by atoms with Crippen molar-refractivity contribution in [3.8, 4) is 0 Å². The molecule has 1 N–H and O–H groups in total. The van der Waals surface area contributed by atoms with E-state index >= 15 is 0 Å². The smallest absolute Gasteiger partial charge is 0.0340 e. The Morgan fingerprint density at radius 2 is 1.68 bits per heavy atom. The molecular weight excluding hydrogens is 374 g/mol. The van der Waals surface area contributed by atoms with Crippen LogP contribution in [0.15, 0.2) is 30.3 Å². The van der Waals surface area contributed by atoms with Gasteiger partial charge in [0.1, 0.15) is 0 Å². The maximum Gasteiger partial charge on any atom is 0.0340 e. The van der Waals surface area contributed by atoms with Crippen LogP contribution in [0.1, 0.15) is 104 Å². The minimum absolute atomic E-state index is 0.652. The van der Waals surface area contributed by atoms with Crippen molar-refractivity contribution in [2.75, 3.05) is 11.9 Å². The first-order valence-electron chi connectivity index (χ1n) is 13.9. The number of anilines is 1. The highest BCUT2D eigenvalue weighted by Gasteiger charge is 2.57. The van der Waals surface area contributed by atoms with Gasteiger partial charge in [0, 0.05) is 12.2 Å². The van der Waals surface area contributed by atoms with Crippen LogP contribution in [-0.2, 0) is 0 Å². The summed E-state index contributed by atoms with van der Waals surface area (Å²) in [5.41, 5.74) is 1.92. The molecule has 4 rings (SSSR count). The van der Waals surface area contributed by atoms with E-state index in [1.807, 2.05) is 0 Å². The van der Waals surface area contributed by atoms with Gasteiger partial charge >= 0.3 is 0 Å². The lowest BCUT2D eigenvalue weighted by Gasteiger charge is -2.33. The number of hydrogen-bond donors (Lipinski definition) is 1. The van der Waals surface area contributed by atoms with Crippen LogP contribution in [0.25, 0.3) is 0 Å². The Balaban J connectivity index is 1.28. The molecule has 0 radical (unpaired) electrons. The van der Waals surface area contributed by atoms with Gasteiger partial charge in [-0.2, -0.15) is 0 Å². The van der Waals surface area contributed by atoms with Crippen molar-refractivity contribution in [3.05, 3.63) is 30.3 Å². The van der Waals surface area contributed by atoms with Crippen molar-refractivity contribution in [3.63, 3.8) is 0 Å².